The molecule has 40 heavy (non-hydrogen) atoms. The van der Waals surface area contributed by atoms with Crippen molar-refractivity contribution in [1.82, 2.24) is 34.8 Å². The molecule has 1 aliphatic heterocycles. The first kappa shape index (κ1) is 24.3. The van der Waals surface area contributed by atoms with E-state index in [2.05, 4.69) is 27.7 Å². The molecule has 0 atom stereocenters. The lowest BCUT2D eigenvalue weighted by molar-refractivity contribution is 0.476. The van der Waals surface area contributed by atoms with Gasteiger partial charge in [0.1, 0.15) is 11.5 Å². The number of benzene rings is 2. The van der Waals surface area contributed by atoms with Crippen LogP contribution in [0.2, 0.25) is 0 Å². The second kappa shape index (κ2) is 9.17. The van der Waals surface area contributed by atoms with E-state index in [-0.39, 0.29) is 17.0 Å². The van der Waals surface area contributed by atoms with Crippen LogP contribution >= 0.6 is 0 Å². The van der Waals surface area contributed by atoms with Gasteiger partial charge in [-0.1, -0.05) is 6.08 Å². The van der Waals surface area contributed by atoms with Gasteiger partial charge in [0.2, 0.25) is 0 Å². The van der Waals surface area contributed by atoms with Gasteiger partial charge in [-0.2, -0.15) is 10.2 Å². The Morgan fingerprint density at radius 2 is 1.43 bits per heavy atom. The standard InChI is InChI=1S/C23H21N5O.C8H8N2O/c1-28-13-15-10-16(22(29)11-21(15)27-28)18-3-5-19-20(26-18)4-2-17(25-19)14-6-9-24-23(12-14)7-8-23;1-10-5-6-2-3-7(11)4-8(6)9-10/h2-5,10-13,24,29H,6-9H2,1H3;2-5,11H,1H3. The number of hydrogen-bond acceptors (Lipinski definition) is 7. The molecule has 0 radical (unpaired) electrons. The first-order chi connectivity index (χ1) is 19.3. The molecule has 0 unspecified atom stereocenters. The molecular formula is C31H29N7O2. The number of aryl methyl sites for hydroxylation is 2. The summed E-state index contributed by atoms with van der Waals surface area (Å²) in [5.41, 5.74) is 7.32. The fourth-order valence-electron chi connectivity index (χ4n) is 5.42. The molecule has 9 heteroatoms. The Morgan fingerprint density at radius 1 is 0.750 bits per heavy atom. The van der Waals surface area contributed by atoms with E-state index in [1.165, 1.54) is 18.4 Å². The van der Waals surface area contributed by atoms with Gasteiger partial charge in [-0.05, 0) is 67.3 Å². The predicted molar refractivity (Wildman–Crippen MR) is 156 cm³/mol. The number of hydrogen-bond donors (Lipinski definition) is 3. The molecule has 1 fully saturated rings. The van der Waals surface area contributed by atoms with Crippen LogP contribution in [0.3, 0.4) is 0 Å². The maximum absolute atomic E-state index is 10.5. The zero-order chi connectivity index (χ0) is 27.4. The van der Waals surface area contributed by atoms with Crippen molar-refractivity contribution in [2.45, 2.75) is 24.8 Å². The van der Waals surface area contributed by atoms with Crippen LogP contribution in [-0.4, -0.2) is 51.8 Å². The first-order valence-corrected chi connectivity index (χ1v) is 13.4. The fraction of sp³-hybridized carbons (Fsp3) is 0.226. The predicted octanol–water partition coefficient (Wildman–Crippen LogP) is 5.08. The zero-order valence-corrected chi connectivity index (χ0v) is 22.3. The van der Waals surface area contributed by atoms with Crippen LogP contribution in [0.25, 0.3) is 49.7 Å². The lowest BCUT2D eigenvalue weighted by atomic mass is 9.99. The molecule has 5 heterocycles. The van der Waals surface area contributed by atoms with E-state index >= 15 is 0 Å². The Hall–Kier alpha value is -4.76. The van der Waals surface area contributed by atoms with Crippen molar-refractivity contribution in [1.29, 1.82) is 0 Å². The third kappa shape index (κ3) is 4.54. The van der Waals surface area contributed by atoms with Crippen molar-refractivity contribution in [3.8, 4) is 22.8 Å². The molecule has 2 aromatic carbocycles. The highest BCUT2D eigenvalue weighted by atomic mass is 16.3. The smallest absolute Gasteiger partial charge is 0.127 e. The van der Waals surface area contributed by atoms with E-state index in [4.69, 9.17) is 15.1 Å². The summed E-state index contributed by atoms with van der Waals surface area (Å²) in [7, 11) is 3.73. The third-order valence-electron chi connectivity index (χ3n) is 7.60. The highest BCUT2D eigenvalue weighted by molar-refractivity contribution is 5.89. The summed E-state index contributed by atoms with van der Waals surface area (Å²) in [6, 6.07) is 16.8. The van der Waals surface area contributed by atoms with Crippen molar-refractivity contribution in [2.24, 2.45) is 14.1 Å². The Balaban J connectivity index is 0.000000202. The highest BCUT2D eigenvalue weighted by Crippen LogP contribution is 2.42. The zero-order valence-electron chi connectivity index (χ0n) is 22.3. The number of pyridine rings is 2. The molecule has 0 bridgehead atoms. The van der Waals surface area contributed by atoms with Crippen LogP contribution < -0.4 is 5.32 Å². The molecule has 2 aliphatic rings. The van der Waals surface area contributed by atoms with Crippen LogP contribution in [0.1, 0.15) is 25.0 Å². The Morgan fingerprint density at radius 3 is 2.17 bits per heavy atom. The molecule has 0 amide bonds. The van der Waals surface area contributed by atoms with Gasteiger partial charge in [-0.25, -0.2) is 9.97 Å². The van der Waals surface area contributed by atoms with E-state index in [0.29, 0.717) is 5.56 Å². The van der Waals surface area contributed by atoms with E-state index in [1.54, 1.807) is 27.6 Å². The van der Waals surface area contributed by atoms with Crippen LogP contribution in [0.15, 0.2) is 73.1 Å². The van der Waals surface area contributed by atoms with Crippen molar-refractivity contribution in [2.75, 3.05) is 6.54 Å². The molecule has 8 rings (SSSR count). The summed E-state index contributed by atoms with van der Waals surface area (Å²) in [5, 5.41) is 33.7. The summed E-state index contributed by atoms with van der Waals surface area (Å²) in [6.45, 7) is 1.01. The molecule has 1 aliphatic carbocycles. The Labute approximate surface area is 230 Å². The lowest BCUT2D eigenvalue weighted by Crippen LogP contribution is -2.33. The summed E-state index contributed by atoms with van der Waals surface area (Å²) in [6.07, 6.45) is 9.67. The number of nitrogens with zero attached hydrogens (tertiary/aromatic N) is 6. The molecule has 1 spiro atoms. The molecule has 6 aromatic rings. The van der Waals surface area contributed by atoms with Crippen LogP contribution in [0, 0.1) is 0 Å². The number of aromatic nitrogens is 6. The number of nitrogens with one attached hydrogen (secondary N) is 1. The molecule has 1 saturated carbocycles. The Kier molecular flexibility index (Phi) is 5.57. The van der Waals surface area contributed by atoms with Gasteiger partial charge >= 0.3 is 0 Å². The number of rotatable bonds is 2. The van der Waals surface area contributed by atoms with E-state index < -0.39 is 0 Å². The SMILES string of the molecule is Cn1cc2cc(-c3ccc4nc(C5=CC6(CC6)NCC5)ccc4n3)c(O)cc2n1.Cn1cc2ccc(O)cc2n1. The number of aromatic hydroxyl groups is 2. The summed E-state index contributed by atoms with van der Waals surface area (Å²) >= 11 is 0. The molecule has 0 saturated heterocycles. The van der Waals surface area contributed by atoms with Gasteiger partial charge in [0.15, 0.2) is 0 Å². The molecule has 4 aromatic heterocycles. The molecule has 200 valence electrons. The van der Waals surface area contributed by atoms with Crippen LogP contribution in [-0.2, 0) is 14.1 Å². The average molecular weight is 532 g/mol. The minimum absolute atomic E-state index is 0.183. The van der Waals surface area contributed by atoms with Crippen molar-refractivity contribution >= 4 is 38.4 Å². The van der Waals surface area contributed by atoms with Crippen molar-refractivity contribution in [3.63, 3.8) is 0 Å². The summed E-state index contributed by atoms with van der Waals surface area (Å²) in [5.74, 6) is 0.443. The summed E-state index contributed by atoms with van der Waals surface area (Å²) < 4.78 is 3.47. The maximum atomic E-state index is 10.5. The third-order valence-corrected chi connectivity index (χ3v) is 7.60. The normalized spacial score (nSPS) is 15.8. The van der Waals surface area contributed by atoms with Crippen LogP contribution in [0.5, 0.6) is 11.5 Å². The quantitative estimate of drug-likeness (QED) is 0.286. The number of phenols is 2. The van der Waals surface area contributed by atoms with Gasteiger partial charge in [-0.3, -0.25) is 9.36 Å². The van der Waals surface area contributed by atoms with E-state index in [0.717, 1.165) is 57.2 Å². The number of fused-ring (bicyclic) bond motifs is 3. The van der Waals surface area contributed by atoms with Gasteiger partial charge in [-0.15, -0.1) is 0 Å². The first-order valence-electron chi connectivity index (χ1n) is 13.4. The second-order valence-corrected chi connectivity index (χ2v) is 10.7. The minimum atomic E-state index is 0.183. The summed E-state index contributed by atoms with van der Waals surface area (Å²) in [4.78, 5) is 9.63. The monoisotopic (exact) mass is 531 g/mol. The van der Waals surface area contributed by atoms with Gasteiger partial charge < -0.3 is 15.5 Å². The minimum Gasteiger partial charge on any atom is -0.508 e. The van der Waals surface area contributed by atoms with Crippen LogP contribution in [0.4, 0.5) is 0 Å². The fourth-order valence-corrected chi connectivity index (χ4v) is 5.42. The van der Waals surface area contributed by atoms with E-state index in [9.17, 15) is 5.11 Å². The number of phenolic OH excluding ortho intramolecular Hbond substituents is 2. The maximum Gasteiger partial charge on any atom is 0.127 e. The van der Waals surface area contributed by atoms with Gasteiger partial charge in [0.05, 0.1) is 33.5 Å². The molecule has 9 nitrogen and oxygen atoms in total. The second-order valence-electron chi connectivity index (χ2n) is 10.7. The lowest BCUT2D eigenvalue weighted by Gasteiger charge is -2.22. The van der Waals surface area contributed by atoms with Gasteiger partial charge in [0, 0.05) is 67.0 Å². The topological polar surface area (TPSA) is 114 Å². The average Bonchev–Trinajstić information content (AvgIpc) is 3.40. The van der Waals surface area contributed by atoms with Gasteiger partial charge in [0.25, 0.3) is 0 Å². The highest BCUT2D eigenvalue weighted by Gasteiger charge is 2.42. The molecular weight excluding hydrogens is 502 g/mol. The van der Waals surface area contributed by atoms with Crippen molar-refractivity contribution < 1.29 is 10.2 Å². The Bertz CT molecular complexity index is 1950. The van der Waals surface area contributed by atoms with E-state index in [1.807, 2.05) is 56.8 Å². The molecule has 3 N–H and O–H groups in total. The van der Waals surface area contributed by atoms with Crippen molar-refractivity contribution in [3.05, 3.63) is 78.8 Å². The largest absolute Gasteiger partial charge is 0.508 e.